The number of hydrogen-bond acceptors (Lipinski definition) is 3. The molecule has 7 heteroatoms. The van der Waals surface area contributed by atoms with Gasteiger partial charge in [-0.25, -0.2) is 8.42 Å². The molecular weight excluding hydrogens is 396 g/mol. The molecule has 2 aromatic carbocycles. The van der Waals surface area contributed by atoms with E-state index in [4.69, 9.17) is 11.6 Å². The van der Waals surface area contributed by atoms with Gasteiger partial charge in [-0.3, -0.25) is 9.52 Å². The van der Waals surface area contributed by atoms with Crippen LogP contribution in [0.5, 0.6) is 0 Å². The molecule has 0 radical (unpaired) electrons. The van der Waals surface area contributed by atoms with Crippen LogP contribution in [-0.2, 0) is 10.0 Å². The van der Waals surface area contributed by atoms with Gasteiger partial charge in [0.2, 0.25) is 0 Å². The summed E-state index contributed by atoms with van der Waals surface area (Å²) >= 11 is 5.94. The van der Waals surface area contributed by atoms with E-state index in [1.165, 1.54) is 18.6 Å². The molecule has 3 rings (SSSR count). The van der Waals surface area contributed by atoms with Gasteiger partial charge in [0.05, 0.1) is 10.6 Å². The molecule has 5 nitrogen and oxygen atoms in total. The van der Waals surface area contributed by atoms with Crippen molar-refractivity contribution in [3.8, 4) is 0 Å². The van der Waals surface area contributed by atoms with Gasteiger partial charge in [0.15, 0.2) is 0 Å². The van der Waals surface area contributed by atoms with Crippen LogP contribution in [0.3, 0.4) is 0 Å². The van der Waals surface area contributed by atoms with Crippen molar-refractivity contribution in [2.24, 2.45) is 0 Å². The monoisotopic (exact) mass is 420 g/mol. The lowest BCUT2D eigenvalue weighted by molar-refractivity contribution is 0.0927. The zero-order chi connectivity index (χ0) is 20.3. The number of benzene rings is 2. The maximum atomic E-state index is 12.8. The Hall–Kier alpha value is -2.05. The lowest BCUT2D eigenvalue weighted by atomic mass is 9.95. The highest BCUT2D eigenvalue weighted by molar-refractivity contribution is 7.92. The molecule has 0 unspecified atom stereocenters. The molecule has 0 spiro atoms. The second-order valence-corrected chi connectivity index (χ2v) is 9.47. The summed E-state index contributed by atoms with van der Waals surface area (Å²) in [6.45, 7) is 3.59. The Morgan fingerprint density at radius 1 is 1.00 bits per heavy atom. The molecule has 1 amide bonds. The minimum atomic E-state index is -3.83. The minimum Gasteiger partial charge on any atom is -0.349 e. The van der Waals surface area contributed by atoms with Crippen LogP contribution in [0.2, 0.25) is 5.02 Å². The predicted octanol–water partition coefficient (Wildman–Crippen LogP) is 4.82. The van der Waals surface area contributed by atoms with E-state index in [1.807, 2.05) is 6.92 Å². The number of carbonyl (C=O) groups is 1. The number of sulfonamides is 1. The maximum absolute atomic E-state index is 12.8. The van der Waals surface area contributed by atoms with E-state index >= 15 is 0 Å². The van der Waals surface area contributed by atoms with Gasteiger partial charge in [0.1, 0.15) is 0 Å². The predicted molar refractivity (Wildman–Crippen MR) is 113 cm³/mol. The third-order valence-electron chi connectivity index (χ3n) is 5.14. The first-order chi connectivity index (χ1) is 13.3. The third kappa shape index (κ3) is 4.86. The Labute approximate surface area is 171 Å². The van der Waals surface area contributed by atoms with Crippen molar-refractivity contribution < 1.29 is 13.2 Å². The van der Waals surface area contributed by atoms with E-state index in [1.54, 1.807) is 31.2 Å². The second kappa shape index (κ2) is 8.53. The van der Waals surface area contributed by atoms with Crippen LogP contribution in [0.4, 0.5) is 5.69 Å². The topological polar surface area (TPSA) is 75.3 Å². The fraction of sp³-hybridized carbons (Fsp3) is 0.381. The normalized spacial score (nSPS) is 15.2. The van der Waals surface area contributed by atoms with Gasteiger partial charge in [-0.15, -0.1) is 0 Å². The molecule has 1 aliphatic rings. The third-order valence-corrected chi connectivity index (χ3v) is 6.74. The highest BCUT2D eigenvalue weighted by atomic mass is 35.5. The van der Waals surface area contributed by atoms with E-state index in [0.29, 0.717) is 16.3 Å². The van der Waals surface area contributed by atoms with Gasteiger partial charge in [-0.1, -0.05) is 36.9 Å². The van der Waals surface area contributed by atoms with Gasteiger partial charge in [-0.2, -0.15) is 0 Å². The van der Waals surface area contributed by atoms with Crippen LogP contribution in [-0.4, -0.2) is 20.4 Å². The number of hydrogen-bond donors (Lipinski definition) is 2. The first-order valence-corrected chi connectivity index (χ1v) is 11.3. The van der Waals surface area contributed by atoms with Crippen molar-refractivity contribution in [2.45, 2.75) is 56.9 Å². The maximum Gasteiger partial charge on any atom is 0.261 e. The summed E-state index contributed by atoms with van der Waals surface area (Å²) in [5.74, 6) is -0.218. The summed E-state index contributed by atoms with van der Waals surface area (Å²) in [4.78, 5) is 12.8. The average molecular weight is 421 g/mol. The van der Waals surface area contributed by atoms with Gasteiger partial charge >= 0.3 is 0 Å². The average Bonchev–Trinajstić information content (AvgIpc) is 2.65. The summed E-state index contributed by atoms with van der Waals surface area (Å²) in [5.41, 5.74) is 2.31. The first kappa shape index (κ1) is 20.7. The van der Waals surface area contributed by atoms with Gasteiger partial charge in [0, 0.05) is 16.6 Å². The zero-order valence-corrected chi connectivity index (χ0v) is 17.7. The van der Waals surface area contributed by atoms with Gasteiger partial charge in [-0.05, 0) is 68.1 Å². The van der Waals surface area contributed by atoms with Crippen LogP contribution in [0.15, 0.2) is 41.3 Å². The van der Waals surface area contributed by atoms with Crippen molar-refractivity contribution in [2.75, 3.05) is 4.72 Å². The number of carbonyl (C=O) groups excluding carboxylic acids is 1. The molecule has 0 saturated heterocycles. The smallest absolute Gasteiger partial charge is 0.261 e. The second-order valence-electron chi connectivity index (χ2n) is 7.35. The van der Waals surface area contributed by atoms with Crippen molar-refractivity contribution in [3.63, 3.8) is 0 Å². The Balaban J connectivity index is 1.83. The lowest BCUT2D eigenvalue weighted by Crippen LogP contribution is -2.36. The Bertz CT molecular complexity index is 983. The number of amides is 1. The van der Waals surface area contributed by atoms with E-state index in [9.17, 15) is 13.2 Å². The summed E-state index contributed by atoms with van der Waals surface area (Å²) in [7, 11) is -3.83. The van der Waals surface area contributed by atoms with Crippen molar-refractivity contribution >= 4 is 33.2 Å². The Kier molecular flexibility index (Phi) is 6.30. The molecule has 28 heavy (non-hydrogen) atoms. The molecule has 0 aliphatic heterocycles. The zero-order valence-electron chi connectivity index (χ0n) is 16.1. The number of halogens is 1. The summed E-state index contributed by atoms with van der Waals surface area (Å²) in [6.07, 6.45) is 5.38. The molecule has 0 aromatic heterocycles. The number of rotatable bonds is 5. The Morgan fingerprint density at radius 2 is 1.71 bits per heavy atom. The van der Waals surface area contributed by atoms with Crippen molar-refractivity contribution in [1.29, 1.82) is 0 Å². The number of anilines is 1. The molecule has 150 valence electrons. The number of nitrogens with one attached hydrogen (secondary N) is 2. The molecule has 0 atom stereocenters. The molecular formula is C21H25ClN2O3S. The van der Waals surface area contributed by atoms with Crippen molar-refractivity contribution in [1.82, 2.24) is 5.32 Å². The van der Waals surface area contributed by atoms with Crippen LogP contribution < -0.4 is 10.0 Å². The highest BCUT2D eigenvalue weighted by Gasteiger charge is 2.21. The quantitative estimate of drug-likeness (QED) is 0.728. The Morgan fingerprint density at radius 3 is 2.39 bits per heavy atom. The fourth-order valence-electron chi connectivity index (χ4n) is 3.47. The van der Waals surface area contributed by atoms with E-state index in [-0.39, 0.29) is 16.8 Å². The standard InChI is InChI=1S/C21H25ClN2O3S/c1-14-8-10-18(13-19(14)21(25)23-17-6-4-3-5-7-17)28(26,27)24-20-11-9-16(22)12-15(20)2/h8-13,17,24H,3-7H2,1-2H3,(H,23,25). The SMILES string of the molecule is Cc1cc(Cl)ccc1NS(=O)(=O)c1ccc(C)c(C(=O)NC2CCCCC2)c1. The van der Waals surface area contributed by atoms with Crippen LogP contribution >= 0.6 is 11.6 Å². The largest absolute Gasteiger partial charge is 0.349 e. The highest BCUT2D eigenvalue weighted by Crippen LogP contribution is 2.24. The van der Waals surface area contributed by atoms with Crippen LogP contribution in [0, 0.1) is 13.8 Å². The van der Waals surface area contributed by atoms with Gasteiger partial charge in [0.25, 0.3) is 15.9 Å². The molecule has 0 heterocycles. The minimum absolute atomic E-state index is 0.0567. The first-order valence-electron chi connectivity index (χ1n) is 9.47. The summed E-state index contributed by atoms with van der Waals surface area (Å²) < 4.78 is 28.3. The molecule has 2 N–H and O–H groups in total. The summed E-state index contributed by atoms with van der Waals surface area (Å²) in [6, 6.07) is 9.73. The summed E-state index contributed by atoms with van der Waals surface area (Å²) in [5, 5.41) is 3.59. The molecule has 1 saturated carbocycles. The molecule has 0 bridgehead atoms. The van der Waals surface area contributed by atoms with E-state index < -0.39 is 10.0 Å². The molecule has 2 aromatic rings. The van der Waals surface area contributed by atoms with Crippen LogP contribution in [0.1, 0.15) is 53.6 Å². The molecule has 1 aliphatic carbocycles. The number of aryl methyl sites for hydroxylation is 2. The van der Waals surface area contributed by atoms with Gasteiger partial charge < -0.3 is 5.32 Å². The fourth-order valence-corrected chi connectivity index (χ4v) is 4.85. The van der Waals surface area contributed by atoms with Crippen LogP contribution in [0.25, 0.3) is 0 Å². The van der Waals surface area contributed by atoms with E-state index in [0.717, 1.165) is 36.8 Å². The van der Waals surface area contributed by atoms with Crippen molar-refractivity contribution in [3.05, 3.63) is 58.1 Å². The lowest BCUT2D eigenvalue weighted by Gasteiger charge is -2.23. The van der Waals surface area contributed by atoms with E-state index in [2.05, 4.69) is 10.0 Å². The molecule has 1 fully saturated rings.